The Morgan fingerprint density at radius 1 is 0.342 bits per heavy atom. The molecule has 0 spiro atoms. The number of aryl methyl sites for hydroxylation is 1. The van der Waals surface area contributed by atoms with E-state index in [2.05, 4.69) is 247 Å². The number of furan rings is 2. The minimum Gasteiger partial charge on any atom is -0.456 e. The minimum absolute atomic E-state index is 0.184. The summed E-state index contributed by atoms with van der Waals surface area (Å²) in [4.78, 5) is 2.52. The highest BCUT2D eigenvalue weighted by atomic mass is 16.3. The molecule has 0 bridgehead atoms. The summed E-state index contributed by atoms with van der Waals surface area (Å²) >= 11 is 0. The summed E-state index contributed by atoms with van der Waals surface area (Å²) in [6, 6.07) is 72.1. The summed E-state index contributed by atoms with van der Waals surface area (Å²) in [6.07, 6.45) is 0. The number of benzene rings is 10. The molecule has 15 rings (SSSR count). The smallest absolute Gasteiger partial charge is 0.143 e. The summed E-state index contributed by atoms with van der Waals surface area (Å²) in [6.45, 7) is 16.6. The number of para-hydroxylation sites is 3. The maximum atomic E-state index is 6.85. The van der Waals surface area contributed by atoms with E-state index in [0.717, 1.165) is 55.9 Å². The Bertz CT molecular complexity index is 4350. The number of hydrogen-bond acceptors (Lipinski definition) is 3. The van der Waals surface area contributed by atoms with Crippen LogP contribution in [0.25, 0.3) is 99.5 Å². The quantitative estimate of drug-likeness (QED) is 0.172. The molecule has 0 unspecified atom stereocenters. The van der Waals surface area contributed by atoms with E-state index in [-0.39, 0.29) is 16.2 Å². The average molecular weight is 940 g/mol. The number of nitrogens with zero attached hydrogens (tertiary/aromatic N) is 1. The van der Waals surface area contributed by atoms with Gasteiger partial charge in [0.15, 0.2) is 0 Å². The molecule has 2 heterocycles. The molecule has 2 aromatic heterocycles. The highest BCUT2D eigenvalue weighted by Crippen LogP contribution is 2.60. The van der Waals surface area contributed by atoms with Gasteiger partial charge < -0.3 is 13.7 Å². The van der Waals surface area contributed by atoms with Gasteiger partial charge in [0.25, 0.3) is 0 Å². The van der Waals surface area contributed by atoms with Crippen molar-refractivity contribution in [3.8, 4) is 55.6 Å². The molecule has 0 fully saturated rings. The average Bonchev–Trinajstić information content (AvgIpc) is 4.16. The molecule has 0 saturated carbocycles. The van der Waals surface area contributed by atoms with Gasteiger partial charge in [0.1, 0.15) is 22.3 Å². The second-order valence-corrected chi connectivity index (χ2v) is 22.5. The lowest BCUT2D eigenvalue weighted by atomic mass is 9.79. The van der Waals surface area contributed by atoms with Crippen molar-refractivity contribution in [3.05, 3.63) is 233 Å². The Morgan fingerprint density at radius 3 is 1.63 bits per heavy atom. The molecule has 73 heavy (non-hydrogen) atoms. The van der Waals surface area contributed by atoms with Gasteiger partial charge in [0.05, 0.1) is 5.69 Å². The molecule has 350 valence electrons. The van der Waals surface area contributed by atoms with E-state index in [1.165, 1.54) is 99.6 Å². The monoisotopic (exact) mass is 939 g/mol. The first-order chi connectivity index (χ1) is 35.4. The first-order valence-electron chi connectivity index (χ1n) is 25.8. The van der Waals surface area contributed by atoms with Crippen molar-refractivity contribution < 1.29 is 8.83 Å². The van der Waals surface area contributed by atoms with Crippen molar-refractivity contribution in [2.75, 3.05) is 4.90 Å². The Balaban J connectivity index is 0.922. The Kier molecular flexibility index (Phi) is 8.47. The largest absolute Gasteiger partial charge is 0.456 e. The van der Waals surface area contributed by atoms with Crippen LogP contribution in [0.3, 0.4) is 0 Å². The second kappa shape index (κ2) is 14.6. The van der Waals surface area contributed by atoms with Gasteiger partial charge in [-0.05, 0) is 152 Å². The van der Waals surface area contributed by atoms with Crippen molar-refractivity contribution >= 4 is 60.9 Å². The van der Waals surface area contributed by atoms with E-state index < -0.39 is 0 Å². The zero-order valence-electron chi connectivity index (χ0n) is 42.2. The van der Waals surface area contributed by atoms with E-state index in [1.54, 1.807) is 0 Å². The topological polar surface area (TPSA) is 29.5 Å². The van der Waals surface area contributed by atoms with E-state index in [9.17, 15) is 0 Å². The van der Waals surface area contributed by atoms with Crippen LogP contribution in [0.1, 0.15) is 80.5 Å². The molecule has 0 N–H and O–H groups in total. The van der Waals surface area contributed by atoms with Crippen LogP contribution in [0.2, 0.25) is 0 Å². The van der Waals surface area contributed by atoms with Crippen LogP contribution in [0.15, 0.2) is 203 Å². The fourth-order valence-electron chi connectivity index (χ4n) is 13.5. The highest BCUT2D eigenvalue weighted by molar-refractivity contribution is 6.19. The molecule has 10 aromatic carbocycles. The minimum atomic E-state index is -0.319. The molecule has 0 atom stereocenters. The highest BCUT2D eigenvalue weighted by Gasteiger charge is 2.44. The Morgan fingerprint density at radius 2 is 0.877 bits per heavy atom. The van der Waals surface area contributed by atoms with Gasteiger partial charge in [-0.25, -0.2) is 0 Å². The van der Waals surface area contributed by atoms with Crippen molar-refractivity contribution in [2.24, 2.45) is 0 Å². The van der Waals surface area contributed by atoms with E-state index in [0.29, 0.717) is 0 Å². The molecule has 0 radical (unpaired) electrons. The summed E-state index contributed by atoms with van der Waals surface area (Å²) in [5.41, 5.74) is 28.1. The summed E-state index contributed by atoms with van der Waals surface area (Å²) < 4.78 is 13.3. The molecule has 12 aromatic rings. The van der Waals surface area contributed by atoms with Crippen LogP contribution in [0.4, 0.5) is 17.1 Å². The number of rotatable bonds is 5. The zero-order chi connectivity index (χ0) is 49.3. The Labute approximate surface area is 426 Å². The van der Waals surface area contributed by atoms with Crippen molar-refractivity contribution in [1.82, 2.24) is 0 Å². The van der Waals surface area contributed by atoms with Crippen LogP contribution < -0.4 is 4.90 Å². The van der Waals surface area contributed by atoms with Crippen LogP contribution in [-0.2, 0) is 16.2 Å². The van der Waals surface area contributed by atoms with Gasteiger partial charge in [0.2, 0.25) is 0 Å². The zero-order valence-corrected chi connectivity index (χ0v) is 42.2. The van der Waals surface area contributed by atoms with Gasteiger partial charge >= 0.3 is 0 Å². The molecule has 0 aliphatic heterocycles. The molecular formula is C70H53NO2. The molecule has 0 saturated heterocycles. The van der Waals surface area contributed by atoms with Crippen molar-refractivity contribution in [2.45, 2.75) is 64.7 Å². The summed E-state index contributed by atoms with van der Waals surface area (Å²) in [5, 5.41) is 4.74. The Hall–Kier alpha value is -8.40. The maximum absolute atomic E-state index is 6.85. The van der Waals surface area contributed by atoms with Crippen molar-refractivity contribution in [3.63, 3.8) is 0 Å². The van der Waals surface area contributed by atoms with Crippen LogP contribution in [0, 0.1) is 6.92 Å². The lowest BCUT2D eigenvalue weighted by Crippen LogP contribution is -2.18. The lowest BCUT2D eigenvalue weighted by molar-refractivity contribution is 0.651. The predicted molar refractivity (Wildman–Crippen MR) is 304 cm³/mol. The van der Waals surface area contributed by atoms with Gasteiger partial charge in [-0.2, -0.15) is 0 Å². The van der Waals surface area contributed by atoms with Crippen LogP contribution >= 0.6 is 0 Å². The van der Waals surface area contributed by atoms with E-state index in [1.807, 2.05) is 0 Å². The van der Waals surface area contributed by atoms with E-state index in [4.69, 9.17) is 8.83 Å². The maximum Gasteiger partial charge on any atom is 0.143 e. The SMILES string of the molecule is Cc1ccc(-c2cc3c(c4c2oc2ccccc24)-c2ccc(N(c4ccc5c(c4)C(C)(C)c4cc6c(cc4-5)C(C)(C)c4ccc5oc7ccccc7c5c4-6)c4ccccc4-c4ccccc4)cc2C3(C)C)cc1. The number of fused-ring (bicyclic) bond motifs is 17. The lowest BCUT2D eigenvalue weighted by Gasteiger charge is -2.31. The fraction of sp³-hybridized carbons (Fsp3) is 0.143. The number of anilines is 3. The third-order valence-corrected chi connectivity index (χ3v) is 17.3. The molecule has 3 aliphatic rings. The molecule has 3 nitrogen and oxygen atoms in total. The number of hydrogen-bond donors (Lipinski definition) is 0. The fourth-order valence-corrected chi connectivity index (χ4v) is 13.5. The van der Waals surface area contributed by atoms with Crippen LogP contribution in [-0.4, -0.2) is 0 Å². The van der Waals surface area contributed by atoms with Crippen LogP contribution in [0.5, 0.6) is 0 Å². The molecule has 3 aliphatic carbocycles. The second-order valence-electron chi connectivity index (χ2n) is 22.5. The van der Waals surface area contributed by atoms with Gasteiger partial charge in [-0.3, -0.25) is 0 Å². The predicted octanol–water partition coefficient (Wildman–Crippen LogP) is 19.5. The summed E-state index contributed by atoms with van der Waals surface area (Å²) in [5.74, 6) is 0. The van der Waals surface area contributed by atoms with Gasteiger partial charge in [0, 0.05) is 60.3 Å². The first-order valence-corrected chi connectivity index (χ1v) is 25.8. The van der Waals surface area contributed by atoms with Gasteiger partial charge in [-0.1, -0.05) is 174 Å². The third-order valence-electron chi connectivity index (χ3n) is 17.3. The molecular weight excluding hydrogens is 887 g/mol. The summed E-state index contributed by atoms with van der Waals surface area (Å²) in [7, 11) is 0. The first kappa shape index (κ1) is 42.3. The van der Waals surface area contributed by atoms with Crippen molar-refractivity contribution in [1.29, 1.82) is 0 Å². The molecule has 0 amide bonds. The van der Waals surface area contributed by atoms with E-state index >= 15 is 0 Å². The standard InChI is InChI=1S/C70H53NO2/c1-40-25-27-42(28-26-40)50-37-58-63(66-49-21-13-16-24-61(49)73-67(50)66)47-32-30-44(36-55(47)70(58,6)7)71(59-22-14-11-19-45(59)41-17-9-8-10-18-41)43-29-31-46-51-38-57-52(39-56(51)69(4,5)54(46)35-43)64-53(68(57,2)3)33-34-62-65(64)48-20-12-15-23-60(48)72-62/h8-39H,1-7H3. The van der Waals surface area contributed by atoms with Gasteiger partial charge in [-0.15, -0.1) is 0 Å². The third kappa shape index (κ3) is 5.71. The normalized spacial score (nSPS) is 15.1. The molecule has 3 heteroatoms.